The monoisotopic (exact) mass is 406 g/mol. The van der Waals surface area contributed by atoms with Crippen LogP contribution in [0, 0.1) is 11.3 Å². The van der Waals surface area contributed by atoms with Gasteiger partial charge in [-0.25, -0.2) is 0 Å². The molecule has 3 aliphatic rings. The van der Waals surface area contributed by atoms with Gasteiger partial charge in [0.05, 0.1) is 0 Å². The number of aromatic nitrogens is 2. The fraction of sp³-hybridized carbons (Fsp3) is 0.542. The molecule has 6 nitrogen and oxygen atoms in total. The number of nitrogens with zero attached hydrogens (tertiary/aromatic N) is 3. The van der Waals surface area contributed by atoms with E-state index < -0.39 is 0 Å². The zero-order valence-corrected chi connectivity index (χ0v) is 17.7. The molecule has 5 rings (SSSR count). The standard InChI is InChI=1S/C24H30N4O2/c1-2-21(29)27-13-18-14-28(23(30)22-19-9-6-10-20(19)25-26-22)16-24(18,15-27)12-11-17-7-4-3-5-8-17/h3-5,7-8,18H,2,6,9-16H2,1H3,(H,25,26)/t18-,24+/m1/s1. The highest BCUT2D eigenvalue weighted by atomic mass is 16.2. The van der Waals surface area contributed by atoms with Gasteiger partial charge >= 0.3 is 0 Å². The Labute approximate surface area is 177 Å². The van der Waals surface area contributed by atoms with Crippen LogP contribution in [-0.2, 0) is 24.1 Å². The molecule has 0 bridgehead atoms. The Hall–Kier alpha value is -2.63. The third kappa shape index (κ3) is 3.22. The Morgan fingerprint density at radius 2 is 1.90 bits per heavy atom. The van der Waals surface area contributed by atoms with Crippen LogP contribution in [0.25, 0.3) is 0 Å². The minimum absolute atomic E-state index is 0.0180. The second-order valence-corrected chi connectivity index (χ2v) is 9.24. The minimum Gasteiger partial charge on any atom is -0.342 e. The predicted molar refractivity (Wildman–Crippen MR) is 114 cm³/mol. The van der Waals surface area contributed by atoms with Crippen LogP contribution in [0.3, 0.4) is 0 Å². The molecule has 2 aromatic rings. The van der Waals surface area contributed by atoms with Crippen molar-refractivity contribution in [2.45, 2.75) is 45.4 Å². The van der Waals surface area contributed by atoms with Crippen molar-refractivity contribution >= 4 is 11.8 Å². The Kier molecular flexibility index (Phi) is 4.88. The van der Waals surface area contributed by atoms with Crippen molar-refractivity contribution in [2.75, 3.05) is 26.2 Å². The molecule has 0 unspecified atom stereocenters. The molecule has 2 fully saturated rings. The number of aromatic amines is 1. The van der Waals surface area contributed by atoms with E-state index in [1.165, 1.54) is 5.56 Å². The van der Waals surface area contributed by atoms with E-state index in [2.05, 4.69) is 34.5 Å². The summed E-state index contributed by atoms with van der Waals surface area (Å²) in [6.07, 6.45) is 5.56. The molecule has 158 valence electrons. The molecule has 3 heterocycles. The maximum atomic E-state index is 13.3. The maximum absolute atomic E-state index is 13.3. The average Bonchev–Trinajstić information content (AvgIpc) is 3.51. The van der Waals surface area contributed by atoms with E-state index in [1.54, 1.807) is 0 Å². The lowest BCUT2D eigenvalue weighted by molar-refractivity contribution is -0.130. The van der Waals surface area contributed by atoms with Crippen molar-refractivity contribution in [1.29, 1.82) is 0 Å². The lowest BCUT2D eigenvalue weighted by atomic mass is 9.76. The minimum atomic E-state index is -0.0180. The number of nitrogens with one attached hydrogen (secondary N) is 1. The van der Waals surface area contributed by atoms with Gasteiger partial charge in [0.15, 0.2) is 5.69 Å². The highest BCUT2D eigenvalue weighted by Gasteiger charge is 2.54. The van der Waals surface area contributed by atoms with Gasteiger partial charge in [0.2, 0.25) is 5.91 Å². The van der Waals surface area contributed by atoms with Crippen LogP contribution in [0.1, 0.15) is 53.5 Å². The van der Waals surface area contributed by atoms with Gasteiger partial charge in [-0.15, -0.1) is 0 Å². The van der Waals surface area contributed by atoms with E-state index in [4.69, 9.17) is 0 Å². The maximum Gasteiger partial charge on any atom is 0.274 e. The second-order valence-electron chi connectivity index (χ2n) is 9.24. The van der Waals surface area contributed by atoms with Crippen LogP contribution in [0.2, 0.25) is 0 Å². The number of amides is 2. The van der Waals surface area contributed by atoms with Crippen LogP contribution in [0.5, 0.6) is 0 Å². The summed E-state index contributed by atoms with van der Waals surface area (Å²) in [6, 6.07) is 10.5. The molecule has 2 aliphatic heterocycles. The largest absolute Gasteiger partial charge is 0.342 e. The van der Waals surface area contributed by atoms with Crippen molar-refractivity contribution in [1.82, 2.24) is 20.0 Å². The van der Waals surface area contributed by atoms with Gasteiger partial charge in [-0.1, -0.05) is 37.3 Å². The van der Waals surface area contributed by atoms with E-state index in [0.717, 1.165) is 69.5 Å². The second kappa shape index (κ2) is 7.56. The number of benzene rings is 1. The number of H-pyrrole nitrogens is 1. The van der Waals surface area contributed by atoms with Crippen molar-refractivity contribution in [3.8, 4) is 0 Å². The Morgan fingerprint density at radius 1 is 1.13 bits per heavy atom. The van der Waals surface area contributed by atoms with Crippen molar-refractivity contribution in [2.24, 2.45) is 11.3 Å². The third-order valence-corrected chi connectivity index (χ3v) is 7.46. The van der Waals surface area contributed by atoms with E-state index >= 15 is 0 Å². The zero-order valence-electron chi connectivity index (χ0n) is 17.7. The lowest BCUT2D eigenvalue weighted by Crippen LogP contribution is -2.39. The Morgan fingerprint density at radius 3 is 2.70 bits per heavy atom. The van der Waals surface area contributed by atoms with Gasteiger partial charge in [0.25, 0.3) is 5.91 Å². The van der Waals surface area contributed by atoms with E-state index in [9.17, 15) is 9.59 Å². The van der Waals surface area contributed by atoms with Crippen LogP contribution < -0.4 is 0 Å². The number of carbonyl (C=O) groups is 2. The first-order valence-electron chi connectivity index (χ1n) is 11.3. The Balaban J connectivity index is 1.36. The fourth-order valence-electron chi connectivity index (χ4n) is 5.79. The summed E-state index contributed by atoms with van der Waals surface area (Å²) in [5, 5.41) is 7.44. The molecule has 2 amide bonds. The SMILES string of the molecule is CCC(=O)N1C[C@@H]2CN(C(=O)c3n[nH]c4c3CCC4)C[C@]2(CCc2ccccc2)C1. The van der Waals surface area contributed by atoms with Gasteiger partial charge < -0.3 is 9.80 Å². The van der Waals surface area contributed by atoms with Gasteiger partial charge in [-0.3, -0.25) is 14.7 Å². The van der Waals surface area contributed by atoms with Gasteiger partial charge in [-0.2, -0.15) is 5.10 Å². The molecular formula is C24H30N4O2. The topological polar surface area (TPSA) is 69.3 Å². The molecule has 2 saturated heterocycles. The van der Waals surface area contributed by atoms with Crippen LogP contribution >= 0.6 is 0 Å². The van der Waals surface area contributed by atoms with E-state index in [0.29, 0.717) is 18.0 Å². The van der Waals surface area contributed by atoms with Crippen molar-refractivity contribution in [3.63, 3.8) is 0 Å². The molecular weight excluding hydrogens is 376 g/mol. The first-order chi connectivity index (χ1) is 14.6. The summed E-state index contributed by atoms with van der Waals surface area (Å²) >= 11 is 0. The zero-order chi connectivity index (χ0) is 20.7. The molecule has 1 N–H and O–H groups in total. The third-order valence-electron chi connectivity index (χ3n) is 7.46. The summed E-state index contributed by atoms with van der Waals surface area (Å²) in [5.74, 6) is 0.635. The first-order valence-corrected chi connectivity index (χ1v) is 11.3. The normalized spacial score (nSPS) is 24.9. The van der Waals surface area contributed by atoms with Crippen LogP contribution in [-0.4, -0.2) is 58.0 Å². The fourth-order valence-corrected chi connectivity index (χ4v) is 5.79. The summed E-state index contributed by atoms with van der Waals surface area (Å²) in [4.78, 5) is 29.8. The quantitative estimate of drug-likeness (QED) is 0.830. The Bertz CT molecular complexity index is 953. The summed E-state index contributed by atoms with van der Waals surface area (Å²) in [5.41, 5.74) is 4.19. The number of fused-ring (bicyclic) bond motifs is 2. The number of likely N-dealkylation sites (tertiary alicyclic amines) is 2. The van der Waals surface area contributed by atoms with E-state index in [-0.39, 0.29) is 17.2 Å². The highest BCUT2D eigenvalue weighted by Crippen LogP contribution is 2.46. The first kappa shape index (κ1) is 19.3. The highest BCUT2D eigenvalue weighted by molar-refractivity contribution is 5.94. The lowest BCUT2D eigenvalue weighted by Gasteiger charge is -2.29. The predicted octanol–water partition coefficient (Wildman–Crippen LogP) is 2.84. The van der Waals surface area contributed by atoms with Crippen molar-refractivity contribution < 1.29 is 9.59 Å². The van der Waals surface area contributed by atoms with Crippen LogP contribution in [0.4, 0.5) is 0 Å². The number of carbonyl (C=O) groups excluding carboxylic acids is 2. The van der Waals surface area contributed by atoms with E-state index in [1.807, 2.05) is 22.8 Å². The van der Waals surface area contributed by atoms with Gasteiger partial charge in [-0.05, 0) is 37.7 Å². The number of aryl methyl sites for hydroxylation is 2. The molecule has 0 saturated carbocycles. The number of hydrogen-bond acceptors (Lipinski definition) is 3. The molecule has 0 radical (unpaired) electrons. The van der Waals surface area contributed by atoms with Crippen molar-refractivity contribution in [3.05, 3.63) is 52.8 Å². The summed E-state index contributed by atoms with van der Waals surface area (Å²) < 4.78 is 0. The molecule has 1 aromatic carbocycles. The van der Waals surface area contributed by atoms with Gasteiger partial charge in [0.1, 0.15) is 0 Å². The number of rotatable bonds is 5. The summed E-state index contributed by atoms with van der Waals surface area (Å²) in [7, 11) is 0. The molecule has 30 heavy (non-hydrogen) atoms. The summed E-state index contributed by atoms with van der Waals surface area (Å²) in [6.45, 7) is 4.91. The number of hydrogen-bond donors (Lipinski definition) is 1. The van der Waals surface area contributed by atoms with Crippen LogP contribution in [0.15, 0.2) is 30.3 Å². The molecule has 1 aliphatic carbocycles. The molecule has 1 aromatic heterocycles. The van der Waals surface area contributed by atoms with Gasteiger partial charge in [0, 0.05) is 55.2 Å². The average molecular weight is 407 g/mol. The molecule has 2 atom stereocenters. The molecule has 6 heteroatoms. The molecule has 0 spiro atoms. The smallest absolute Gasteiger partial charge is 0.274 e.